The van der Waals surface area contributed by atoms with E-state index in [-0.39, 0.29) is 12.7 Å². The monoisotopic (exact) mass is 328 g/mol. The zero-order valence-electron chi connectivity index (χ0n) is 12.1. The van der Waals surface area contributed by atoms with Gasteiger partial charge in [0.2, 0.25) is 6.79 Å². The van der Waals surface area contributed by atoms with Gasteiger partial charge in [-0.3, -0.25) is 4.79 Å². The van der Waals surface area contributed by atoms with E-state index in [0.717, 1.165) is 22.2 Å². The lowest BCUT2D eigenvalue weighted by molar-refractivity contribution is 0.0952. The van der Waals surface area contributed by atoms with E-state index >= 15 is 0 Å². The van der Waals surface area contributed by atoms with Crippen molar-refractivity contribution in [3.63, 3.8) is 0 Å². The van der Waals surface area contributed by atoms with Crippen LogP contribution in [-0.2, 0) is 6.54 Å². The summed E-state index contributed by atoms with van der Waals surface area (Å²) in [6, 6.07) is 11.0. The van der Waals surface area contributed by atoms with E-state index in [0.29, 0.717) is 22.9 Å². The van der Waals surface area contributed by atoms with Crippen LogP contribution in [0.5, 0.6) is 11.5 Å². The number of benzene rings is 2. The Hall–Kier alpha value is -2.66. The van der Waals surface area contributed by atoms with Gasteiger partial charge in [0.05, 0.1) is 5.56 Å². The predicted octanol–water partition coefficient (Wildman–Crippen LogP) is 3.48. The van der Waals surface area contributed by atoms with Crippen LogP contribution in [0.15, 0.2) is 42.6 Å². The first kappa shape index (κ1) is 14.0. The lowest BCUT2D eigenvalue weighted by Gasteiger charge is -2.06. The summed E-state index contributed by atoms with van der Waals surface area (Å²) in [5.74, 6) is 1.28. The summed E-state index contributed by atoms with van der Waals surface area (Å²) in [6.07, 6.45) is 1.69. The SMILES string of the molecule is O=C(NCc1ccc2c(c1)OCO2)c1c[nH]c2ccc(Cl)cc12. The second-order valence-electron chi connectivity index (χ2n) is 5.26. The van der Waals surface area contributed by atoms with E-state index in [1.54, 1.807) is 18.3 Å². The summed E-state index contributed by atoms with van der Waals surface area (Å²) >= 11 is 6.01. The van der Waals surface area contributed by atoms with Crippen molar-refractivity contribution in [3.05, 3.63) is 58.7 Å². The summed E-state index contributed by atoms with van der Waals surface area (Å²) in [5, 5.41) is 4.31. The van der Waals surface area contributed by atoms with Crippen molar-refractivity contribution in [2.24, 2.45) is 0 Å². The molecule has 6 heteroatoms. The molecule has 2 heterocycles. The van der Waals surface area contributed by atoms with Crippen molar-refractivity contribution >= 4 is 28.4 Å². The predicted molar refractivity (Wildman–Crippen MR) is 87.0 cm³/mol. The van der Waals surface area contributed by atoms with Gasteiger partial charge in [-0.05, 0) is 35.9 Å². The van der Waals surface area contributed by atoms with E-state index in [1.165, 1.54) is 0 Å². The fourth-order valence-electron chi connectivity index (χ4n) is 2.61. The summed E-state index contributed by atoms with van der Waals surface area (Å²) in [4.78, 5) is 15.5. The normalized spacial score (nSPS) is 12.6. The first-order valence-corrected chi connectivity index (χ1v) is 7.52. The van der Waals surface area contributed by atoms with Crippen LogP contribution in [0.25, 0.3) is 10.9 Å². The molecule has 0 saturated heterocycles. The quantitative estimate of drug-likeness (QED) is 0.773. The molecule has 1 aliphatic rings. The molecular weight excluding hydrogens is 316 g/mol. The number of aromatic nitrogens is 1. The lowest BCUT2D eigenvalue weighted by Crippen LogP contribution is -2.22. The fourth-order valence-corrected chi connectivity index (χ4v) is 2.78. The number of carbonyl (C=O) groups is 1. The van der Waals surface area contributed by atoms with Gasteiger partial charge >= 0.3 is 0 Å². The number of aromatic amines is 1. The summed E-state index contributed by atoms with van der Waals surface area (Å²) in [7, 11) is 0. The molecule has 0 radical (unpaired) electrons. The third kappa shape index (κ3) is 2.59. The summed E-state index contributed by atoms with van der Waals surface area (Å²) < 4.78 is 10.6. The van der Waals surface area contributed by atoms with Gasteiger partial charge in [-0.25, -0.2) is 0 Å². The van der Waals surface area contributed by atoms with E-state index in [2.05, 4.69) is 10.3 Å². The minimum absolute atomic E-state index is 0.156. The van der Waals surface area contributed by atoms with Crippen molar-refractivity contribution in [1.29, 1.82) is 0 Å². The number of halogens is 1. The average molecular weight is 329 g/mol. The second-order valence-corrected chi connectivity index (χ2v) is 5.70. The molecule has 116 valence electrons. The van der Waals surface area contributed by atoms with Gasteiger partial charge < -0.3 is 19.8 Å². The first-order valence-electron chi connectivity index (χ1n) is 7.14. The average Bonchev–Trinajstić information content (AvgIpc) is 3.18. The van der Waals surface area contributed by atoms with Crippen molar-refractivity contribution in [2.45, 2.75) is 6.54 Å². The Labute approximate surface area is 137 Å². The van der Waals surface area contributed by atoms with Crippen LogP contribution in [0.2, 0.25) is 5.02 Å². The molecule has 5 nitrogen and oxygen atoms in total. The Morgan fingerprint density at radius 3 is 2.96 bits per heavy atom. The van der Waals surface area contributed by atoms with Crippen molar-refractivity contribution in [2.75, 3.05) is 6.79 Å². The van der Waals surface area contributed by atoms with Crippen molar-refractivity contribution in [3.8, 4) is 11.5 Å². The minimum atomic E-state index is -0.156. The topological polar surface area (TPSA) is 63.4 Å². The molecule has 0 atom stereocenters. The molecule has 1 aromatic heterocycles. The first-order chi connectivity index (χ1) is 11.2. The molecule has 4 rings (SSSR count). The lowest BCUT2D eigenvalue weighted by atomic mass is 10.1. The van der Waals surface area contributed by atoms with Crippen LogP contribution in [0, 0.1) is 0 Å². The van der Waals surface area contributed by atoms with Crippen molar-refractivity contribution < 1.29 is 14.3 Å². The van der Waals surface area contributed by atoms with Crippen molar-refractivity contribution in [1.82, 2.24) is 10.3 Å². The molecule has 2 aromatic carbocycles. The maximum absolute atomic E-state index is 12.4. The maximum atomic E-state index is 12.4. The maximum Gasteiger partial charge on any atom is 0.253 e. The second kappa shape index (κ2) is 5.52. The highest BCUT2D eigenvalue weighted by Crippen LogP contribution is 2.32. The van der Waals surface area contributed by atoms with Gasteiger partial charge in [-0.2, -0.15) is 0 Å². The Balaban J connectivity index is 1.52. The number of hydrogen-bond acceptors (Lipinski definition) is 3. The Morgan fingerprint density at radius 2 is 2.04 bits per heavy atom. The summed E-state index contributed by atoms with van der Waals surface area (Å²) in [5.41, 5.74) is 2.39. The number of rotatable bonds is 3. The van der Waals surface area contributed by atoms with Crippen LogP contribution in [0.3, 0.4) is 0 Å². The number of hydrogen-bond donors (Lipinski definition) is 2. The van der Waals surface area contributed by atoms with Gasteiger partial charge in [-0.15, -0.1) is 0 Å². The molecule has 2 N–H and O–H groups in total. The van der Waals surface area contributed by atoms with Crippen LogP contribution in [0.1, 0.15) is 15.9 Å². The number of ether oxygens (including phenoxy) is 2. The molecule has 0 spiro atoms. The fraction of sp³-hybridized carbons (Fsp3) is 0.118. The van der Waals surface area contributed by atoms with Gasteiger partial charge in [0.15, 0.2) is 11.5 Å². The third-order valence-corrected chi connectivity index (χ3v) is 4.01. The molecule has 23 heavy (non-hydrogen) atoms. The third-order valence-electron chi connectivity index (χ3n) is 3.78. The minimum Gasteiger partial charge on any atom is -0.454 e. The Kier molecular flexibility index (Phi) is 3.35. The van der Waals surface area contributed by atoms with Crippen LogP contribution >= 0.6 is 11.6 Å². The van der Waals surface area contributed by atoms with Crippen LogP contribution in [0.4, 0.5) is 0 Å². The van der Waals surface area contributed by atoms with E-state index < -0.39 is 0 Å². The standard InChI is InChI=1S/C17H13ClN2O3/c18-11-2-3-14-12(6-11)13(8-19-14)17(21)20-7-10-1-4-15-16(5-10)23-9-22-15/h1-6,8,19H,7,9H2,(H,20,21). The molecule has 0 fully saturated rings. The zero-order chi connectivity index (χ0) is 15.8. The Morgan fingerprint density at radius 1 is 1.17 bits per heavy atom. The molecule has 0 aliphatic carbocycles. The number of nitrogens with one attached hydrogen (secondary N) is 2. The Bertz CT molecular complexity index is 904. The number of H-pyrrole nitrogens is 1. The highest BCUT2D eigenvalue weighted by atomic mass is 35.5. The van der Waals surface area contributed by atoms with E-state index in [9.17, 15) is 4.79 Å². The highest BCUT2D eigenvalue weighted by Gasteiger charge is 2.15. The number of carbonyl (C=O) groups excluding carboxylic acids is 1. The van der Waals surface area contributed by atoms with Gasteiger partial charge in [0, 0.05) is 28.7 Å². The van der Waals surface area contributed by atoms with E-state index in [4.69, 9.17) is 21.1 Å². The molecule has 0 bridgehead atoms. The van der Waals surface area contributed by atoms with Gasteiger partial charge in [0.25, 0.3) is 5.91 Å². The molecule has 1 amide bonds. The van der Waals surface area contributed by atoms with Crippen LogP contribution in [-0.4, -0.2) is 17.7 Å². The van der Waals surface area contributed by atoms with Crippen LogP contribution < -0.4 is 14.8 Å². The smallest absolute Gasteiger partial charge is 0.253 e. The van der Waals surface area contributed by atoms with E-state index in [1.807, 2.05) is 24.3 Å². The molecule has 0 unspecified atom stereocenters. The summed E-state index contributed by atoms with van der Waals surface area (Å²) in [6.45, 7) is 0.643. The molecular formula is C17H13ClN2O3. The van der Waals surface area contributed by atoms with Gasteiger partial charge in [-0.1, -0.05) is 17.7 Å². The molecule has 1 aliphatic heterocycles. The molecule has 0 saturated carbocycles. The van der Waals surface area contributed by atoms with Gasteiger partial charge in [0.1, 0.15) is 0 Å². The highest BCUT2D eigenvalue weighted by molar-refractivity contribution is 6.31. The number of fused-ring (bicyclic) bond motifs is 2. The molecule has 3 aromatic rings. The number of amides is 1. The zero-order valence-corrected chi connectivity index (χ0v) is 12.8. The largest absolute Gasteiger partial charge is 0.454 e.